The van der Waals surface area contributed by atoms with Crippen LogP contribution in [0.5, 0.6) is 11.5 Å². The van der Waals surface area contributed by atoms with E-state index in [1.807, 2.05) is 6.92 Å². The van der Waals surface area contributed by atoms with E-state index in [-0.39, 0.29) is 12.2 Å². The lowest BCUT2D eigenvalue weighted by Crippen LogP contribution is -2.14. The van der Waals surface area contributed by atoms with Crippen molar-refractivity contribution in [1.29, 1.82) is 0 Å². The minimum atomic E-state index is -0.537. The van der Waals surface area contributed by atoms with E-state index in [0.29, 0.717) is 27.7 Å². The van der Waals surface area contributed by atoms with Gasteiger partial charge in [-0.05, 0) is 25.1 Å². The number of hydrogen-bond acceptors (Lipinski definition) is 7. The number of ether oxygens (including phenoxy) is 3. The van der Waals surface area contributed by atoms with Crippen LogP contribution < -0.4 is 15.0 Å². The molecule has 25 heavy (non-hydrogen) atoms. The fourth-order valence-electron chi connectivity index (χ4n) is 2.32. The van der Waals surface area contributed by atoms with Gasteiger partial charge < -0.3 is 14.2 Å². The van der Waals surface area contributed by atoms with Crippen molar-refractivity contribution in [3.63, 3.8) is 0 Å². The van der Waals surface area contributed by atoms with Crippen molar-refractivity contribution in [2.75, 3.05) is 14.2 Å². The van der Waals surface area contributed by atoms with E-state index < -0.39 is 5.97 Å². The van der Waals surface area contributed by atoms with Gasteiger partial charge in [-0.3, -0.25) is 9.20 Å². The molecule has 0 unspecified atom stereocenters. The van der Waals surface area contributed by atoms with E-state index in [0.717, 1.165) is 4.88 Å². The predicted octanol–water partition coefficient (Wildman–Crippen LogP) is 2.44. The number of aryl methyl sites for hydroxylation is 1. The molecule has 0 saturated carbocycles. The second-order valence-corrected chi connectivity index (χ2v) is 6.44. The number of carbonyl (C=O) groups excluding carboxylic acids is 1. The summed E-state index contributed by atoms with van der Waals surface area (Å²) < 4.78 is 17.0. The van der Waals surface area contributed by atoms with Gasteiger partial charge in [-0.2, -0.15) is 0 Å². The molecule has 3 rings (SSSR count). The fraction of sp³-hybridized carbons (Fsp3) is 0.235. The molecule has 0 fully saturated rings. The molecular weight excluding hydrogens is 344 g/mol. The molecule has 130 valence electrons. The minimum absolute atomic E-state index is 0.0874. The SMILES string of the molecule is COc1ccc(C(=O)OCc2cc(=O)n3cc(C)sc3n2)cc1OC. The molecule has 0 spiro atoms. The van der Waals surface area contributed by atoms with Crippen molar-refractivity contribution in [3.8, 4) is 11.5 Å². The molecule has 0 saturated heterocycles. The first kappa shape index (κ1) is 17.0. The van der Waals surface area contributed by atoms with Crippen molar-refractivity contribution in [3.05, 3.63) is 57.0 Å². The number of fused-ring (bicyclic) bond motifs is 1. The Morgan fingerprint density at radius 2 is 1.96 bits per heavy atom. The van der Waals surface area contributed by atoms with Crippen LogP contribution in [-0.4, -0.2) is 29.6 Å². The lowest BCUT2D eigenvalue weighted by molar-refractivity contribution is 0.0467. The van der Waals surface area contributed by atoms with E-state index in [9.17, 15) is 9.59 Å². The summed E-state index contributed by atoms with van der Waals surface area (Å²) in [6.07, 6.45) is 1.73. The van der Waals surface area contributed by atoms with Gasteiger partial charge in [0.1, 0.15) is 6.61 Å². The molecule has 0 aliphatic heterocycles. The zero-order chi connectivity index (χ0) is 18.0. The van der Waals surface area contributed by atoms with Gasteiger partial charge in [0, 0.05) is 17.1 Å². The Morgan fingerprint density at radius 3 is 2.68 bits per heavy atom. The van der Waals surface area contributed by atoms with Crippen molar-refractivity contribution >= 4 is 22.3 Å². The maximum absolute atomic E-state index is 12.2. The Kier molecular flexibility index (Phi) is 4.71. The lowest BCUT2D eigenvalue weighted by atomic mass is 10.2. The van der Waals surface area contributed by atoms with Crippen LogP contribution in [0.15, 0.2) is 35.3 Å². The normalized spacial score (nSPS) is 10.7. The molecule has 0 bridgehead atoms. The maximum Gasteiger partial charge on any atom is 0.338 e. The quantitative estimate of drug-likeness (QED) is 0.650. The van der Waals surface area contributed by atoms with Gasteiger partial charge in [0.25, 0.3) is 5.56 Å². The molecule has 0 aliphatic rings. The number of hydrogen-bond donors (Lipinski definition) is 0. The number of rotatable bonds is 5. The maximum atomic E-state index is 12.2. The number of nitrogens with zero attached hydrogens (tertiary/aromatic N) is 2. The van der Waals surface area contributed by atoms with Gasteiger partial charge in [0.05, 0.1) is 25.5 Å². The van der Waals surface area contributed by atoms with Gasteiger partial charge >= 0.3 is 5.97 Å². The van der Waals surface area contributed by atoms with Crippen LogP contribution in [0.3, 0.4) is 0 Å². The van der Waals surface area contributed by atoms with Gasteiger partial charge in [-0.1, -0.05) is 0 Å². The highest BCUT2D eigenvalue weighted by Crippen LogP contribution is 2.27. The van der Waals surface area contributed by atoms with Gasteiger partial charge in [0.2, 0.25) is 0 Å². The minimum Gasteiger partial charge on any atom is -0.493 e. The first-order chi connectivity index (χ1) is 12.0. The van der Waals surface area contributed by atoms with Crippen LogP contribution in [0.1, 0.15) is 20.9 Å². The van der Waals surface area contributed by atoms with Crippen LogP contribution in [-0.2, 0) is 11.3 Å². The summed E-state index contributed by atoms with van der Waals surface area (Å²) >= 11 is 1.40. The zero-order valence-corrected chi connectivity index (χ0v) is 14.8. The van der Waals surface area contributed by atoms with Gasteiger partial charge in [-0.25, -0.2) is 9.78 Å². The molecule has 3 aromatic rings. The van der Waals surface area contributed by atoms with Crippen molar-refractivity contribution in [2.45, 2.75) is 13.5 Å². The largest absolute Gasteiger partial charge is 0.493 e. The van der Waals surface area contributed by atoms with Gasteiger partial charge in [-0.15, -0.1) is 11.3 Å². The summed E-state index contributed by atoms with van der Waals surface area (Å²) in [6, 6.07) is 6.11. The predicted molar refractivity (Wildman–Crippen MR) is 92.7 cm³/mol. The number of methoxy groups -OCH3 is 2. The Bertz CT molecular complexity index is 992. The number of benzene rings is 1. The Labute approximate surface area is 147 Å². The molecule has 2 heterocycles. The molecule has 1 aromatic carbocycles. The van der Waals surface area contributed by atoms with Crippen LogP contribution in [0.4, 0.5) is 0 Å². The molecule has 7 nitrogen and oxygen atoms in total. The summed E-state index contributed by atoms with van der Waals surface area (Å²) in [7, 11) is 3.00. The van der Waals surface area contributed by atoms with Crippen molar-refractivity contribution in [1.82, 2.24) is 9.38 Å². The smallest absolute Gasteiger partial charge is 0.338 e. The van der Waals surface area contributed by atoms with Crippen LogP contribution in [0, 0.1) is 6.92 Å². The molecule has 0 atom stereocenters. The average Bonchev–Trinajstić information content (AvgIpc) is 2.99. The third-order valence-electron chi connectivity index (χ3n) is 3.51. The summed E-state index contributed by atoms with van der Waals surface area (Å²) in [6.45, 7) is 1.81. The summed E-state index contributed by atoms with van der Waals surface area (Å²) in [5.74, 6) is 0.418. The first-order valence-electron chi connectivity index (χ1n) is 7.39. The molecule has 0 radical (unpaired) electrons. The van der Waals surface area contributed by atoms with E-state index in [4.69, 9.17) is 14.2 Å². The monoisotopic (exact) mass is 360 g/mol. The number of thiazole rings is 1. The summed E-state index contributed by atoms with van der Waals surface area (Å²) in [4.78, 5) is 30.1. The van der Waals surface area contributed by atoms with Crippen LogP contribution in [0.2, 0.25) is 0 Å². The molecular formula is C17H16N2O5S. The number of aromatic nitrogens is 2. The number of carbonyl (C=O) groups is 1. The van der Waals surface area contributed by atoms with Crippen LogP contribution >= 0.6 is 11.3 Å². The molecule has 0 aliphatic carbocycles. The second-order valence-electron chi connectivity index (χ2n) is 5.23. The summed E-state index contributed by atoms with van der Waals surface area (Å²) in [5, 5.41) is 0. The van der Waals surface area contributed by atoms with E-state index in [2.05, 4.69) is 4.98 Å². The van der Waals surface area contributed by atoms with E-state index in [1.165, 1.54) is 42.1 Å². The standard InChI is InChI=1S/C17H16N2O5S/c1-10-8-19-15(20)7-12(18-17(19)25-10)9-24-16(21)11-4-5-13(22-2)14(6-11)23-3/h4-8H,9H2,1-3H3. The van der Waals surface area contributed by atoms with Crippen molar-refractivity contribution in [2.24, 2.45) is 0 Å². The third-order valence-corrected chi connectivity index (χ3v) is 4.40. The Morgan fingerprint density at radius 1 is 1.20 bits per heavy atom. The molecule has 8 heteroatoms. The molecule has 2 aromatic heterocycles. The average molecular weight is 360 g/mol. The van der Waals surface area contributed by atoms with Crippen molar-refractivity contribution < 1.29 is 19.0 Å². The number of esters is 1. The zero-order valence-electron chi connectivity index (χ0n) is 13.9. The highest BCUT2D eigenvalue weighted by Gasteiger charge is 2.13. The van der Waals surface area contributed by atoms with Crippen LogP contribution in [0.25, 0.3) is 4.96 Å². The Hall–Kier alpha value is -2.87. The third kappa shape index (κ3) is 3.48. The summed E-state index contributed by atoms with van der Waals surface area (Å²) in [5.41, 5.74) is 0.523. The Balaban J connectivity index is 1.77. The topological polar surface area (TPSA) is 79.1 Å². The fourth-order valence-corrected chi connectivity index (χ4v) is 3.17. The molecule has 0 N–H and O–H groups in total. The first-order valence-corrected chi connectivity index (χ1v) is 8.21. The van der Waals surface area contributed by atoms with Gasteiger partial charge in [0.15, 0.2) is 16.5 Å². The van der Waals surface area contributed by atoms with E-state index >= 15 is 0 Å². The molecule has 0 amide bonds. The highest BCUT2D eigenvalue weighted by atomic mass is 32.1. The second kappa shape index (κ2) is 6.94. The highest BCUT2D eigenvalue weighted by molar-refractivity contribution is 7.16. The lowest BCUT2D eigenvalue weighted by Gasteiger charge is -2.09. The van der Waals surface area contributed by atoms with E-state index in [1.54, 1.807) is 18.3 Å².